The molecule has 2 aliphatic heterocycles. The van der Waals surface area contributed by atoms with Crippen molar-refractivity contribution in [3.05, 3.63) is 27.7 Å². The number of nitrogens with one attached hydrogen (secondary N) is 2. The molecule has 2 saturated heterocycles. The van der Waals surface area contributed by atoms with E-state index in [9.17, 15) is 9.59 Å². The second-order valence-corrected chi connectivity index (χ2v) is 8.14. The summed E-state index contributed by atoms with van der Waals surface area (Å²) in [7, 11) is 0. The number of urea groups is 1. The van der Waals surface area contributed by atoms with Crippen molar-refractivity contribution in [2.45, 2.75) is 51.8 Å². The molecule has 3 rings (SSSR count). The van der Waals surface area contributed by atoms with Crippen LogP contribution in [0.3, 0.4) is 0 Å². The minimum absolute atomic E-state index is 0.152. The van der Waals surface area contributed by atoms with Gasteiger partial charge in [0.05, 0.1) is 6.54 Å². The number of rotatable bonds is 4. The molecule has 6 nitrogen and oxygen atoms in total. The van der Waals surface area contributed by atoms with E-state index in [0.29, 0.717) is 0 Å². The third kappa shape index (κ3) is 3.82. The van der Waals surface area contributed by atoms with E-state index in [1.807, 2.05) is 19.1 Å². The molecule has 1 aromatic carbocycles. The number of carbonyl (C=O) groups excluding carboxylic acids is 2. The molecule has 7 heteroatoms. The molecule has 3 amide bonds. The molecule has 0 unspecified atom stereocenters. The predicted octanol–water partition coefficient (Wildman–Crippen LogP) is 2.72. The number of benzene rings is 1. The van der Waals surface area contributed by atoms with Crippen LogP contribution in [0.15, 0.2) is 16.6 Å². The summed E-state index contributed by atoms with van der Waals surface area (Å²) in [5.74, 6) is 0.559. The number of amides is 3. The van der Waals surface area contributed by atoms with Crippen molar-refractivity contribution >= 4 is 27.9 Å². The number of hydrogen-bond acceptors (Lipinski definition) is 4. The van der Waals surface area contributed by atoms with Crippen LogP contribution in [0.1, 0.15) is 37.8 Å². The summed E-state index contributed by atoms with van der Waals surface area (Å²) in [5, 5.41) is 6.04. The topological polar surface area (TPSA) is 70.7 Å². The Balaban J connectivity index is 1.87. The van der Waals surface area contributed by atoms with E-state index in [0.717, 1.165) is 47.3 Å². The third-order valence-corrected chi connectivity index (χ3v) is 5.12. The van der Waals surface area contributed by atoms with E-state index in [4.69, 9.17) is 4.74 Å². The second kappa shape index (κ2) is 6.96. The van der Waals surface area contributed by atoms with E-state index in [-0.39, 0.29) is 24.6 Å². The van der Waals surface area contributed by atoms with Crippen LogP contribution in [0.5, 0.6) is 5.75 Å². The van der Waals surface area contributed by atoms with Gasteiger partial charge in [0, 0.05) is 10.0 Å². The van der Waals surface area contributed by atoms with Gasteiger partial charge in [0.15, 0.2) is 0 Å². The quantitative estimate of drug-likeness (QED) is 0.749. The number of hydrogen-bond donors (Lipinski definition) is 2. The summed E-state index contributed by atoms with van der Waals surface area (Å²) in [5.41, 5.74) is 0.967. The molecule has 0 bridgehead atoms. The van der Waals surface area contributed by atoms with Crippen LogP contribution in [0.25, 0.3) is 0 Å². The van der Waals surface area contributed by atoms with Crippen LogP contribution in [-0.4, -0.2) is 41.6 Å². The Morgan fingerprint density at radius 1 is 1.28 bits per heavy atom. The van der Waals surface area contributed by atoms with Crippen molar-refractivity contribution in [1.29, 1.82) is 0 Å². The van der Waals surface area contributed by atoms with Crippen molar-refractivity contribution < 1.29 is 14.3 Å². The lowest BCUT2D eigenvalue weighted by Gasteiger charge is -2.27. The summed E-state index contributed by atoms with van der Waals surface area (Å²) in [6.45, 7) is 7.50. The maximum Gasteiger partial charge on any atom is 0.325 e. The highest BCUT2D eigenvalue weighted by Crippen LogP contribution is 2.32. The minimum atomic E-state index is -0.867. The molecule has 0 atom stereocenters. The maximum atomic E-state index is 12.5. The van der Waals surface area contributed by atoms with Gasteiger partial charge in [-0.2, -0.15) is 0 Å². The van der Waals surface area contributed by atoms with E-state index in [1.54, 1.807) is 13.8 Å². The first kappa shape index (κ1) is 18.2. The van der Waals surface area contributed by atoms with Gasteiger partial charge in [-0.3, -0.25) is 9.69 Å². The summed E-state index contributed by atoms with van der Waals surface area (Å²) >= 11 is 3.50. The van der Waals surface area contributed by atoms with Crippen molar-refractivity contribution in [1.82, 2.24) is 15.5 Å². The van der Waals surface area contributed by atoms with Gasteiger partial charge >= 0.3 is 6.03 Å². The van der Waals surface area contributed by atoms with Gasteiger partial charge in [-0.05, 0) is 64.4 Å². The van der Waals surface area contributed by atoms with Gasteiger partial charge < -0.3 is 15.4 Å². The smallest absolute Gasteiger partial charge is 0.325 e. The van der Waals surface area contributed by atoms with Gasteiger partial charge in [0.1, 0.15) is 17.4 Å². The Morgan fingerprint density at radius 3 is 2.56 bits per heavy atom. The van der Waals surface area contributed by atoms with Crippen LogP contribution < -0.4 is 15.4 Å². The lowest BCUT2D eigenvalue weighted by molar-refractivity contribution is -0.130. The van der Waals surface area contributed by atoms with Crippen molar-refractivity contribution in [3.8, 4) is 5.75 Å². The SMILES string of the molecule is Cc1cc(Br)cc(CN2C(=O)NC(C)(C)C2=O)c1OC1CCNCC1. The molecular formula is C18H24BrN3O3. The van der Waals surface area contributed by atoms with Crippen LogP contribution >= 0.6 is 15.9 Å². The number of piperidine rings is 1. The summed E-state index contributed by atoms with van der Waals surface area (Å²) in [4.78, 5) is 26.0. The normalized spacial score (nSPS) is 20.7. The van der Waals surface area contributed by atoms with Crippen LogP contribution in [-0.2, 0) is 11.3 Å². The molecular weight excluding hydrogens is 386 g/mol. The molecule has 0 aliphatic carbocycles. The molecule has 2 heterocycles. The molecule has 0 spiro atoms. The fraction of sp³-hybridized carbons (Fsp3) is 0.556. The summed E-state index contributed by atoms with van der Waals surface area (Å²) < 4.78 is 7.18. The first-order valence-electron chi connectivity index (χ1n) is 8.58. The highest BCUT2D eigenvalue weighted by atomic mass is 79.9. The van der Waals surface area contributed by atoms with Crippen LogP contribution in [0.4, 0.5) is 4.79 Å². The lowest BCUT2D eigenvalue weighted by Crippen LogP contribution is -2.40. The average molecular weight is 410 g/mol. The lowest BCUT2D eigenvalue weighted by atomic mass is 10.1. The summed E-state index contributed by atoms with van der Waals surface area (Å²) in [6, 6.07) is 3.56. The first-order valence-corrected chi connectivity index (χ1v) is 9.38. The highest BCUT2D eigenvalue weighted by Gasteiger charge is 2.44. The molecule has 2 fully saturated rings. The Hall–Kier alpha value is -1.60. The Labute approximate surface area is 156 Å². The molecule has 136 valence electrons. The van der Waals surface area contributed by atoms with E-state index < -0.39 is 5.54 Å². The van der Waals surface area contributed by atoms with E-state index in [2.05, 4.69) is 26.6 Å². The average Bonchev–Trinajstić information content (AvgIpc) is 2.73. The van der Waals surface area contributed by atoms with Gasteiger partial charge in [-0.1, -0.05) is 15.9 Å². The highest BCUT2D eigenvalue weighted by molar-refractivity contribution is 9.10. The fourth-order valence-electron chi connectivity index (χ4n) is 3.30. The number of nitrogens with zero attached hydrogens (tertiary/aromatic N) is 1. The van der Waals surface area contributed by atoms with Crippen molar-refractivity contribution in [2.75, 3.05) is 13.1 Å². The number of imide groups is 1. The van der Waals surface area contributed by atoms with Crippen molar-refractivity contribution in [3.63, 3.8) is 0 Å². The second-order valence-electron chi connectivity index (χ2n) is 7.22. The zero-order chi connectivity index (χ0) is 18.2. The monoisotopic (exact) mass is 409 g/mol. The fourth-order valence-corrected chi connectivity index (χ4v) is 3.92. The number of halogens is 1. The van der Waals surface area contributed by atoms with Gasteiger partial charge in [0.2, 0.25) is 0 Å². The molecule has 2 aliphatic rings. The predicted molar refractivity (Wildman–Crippen MR) is 98.6 cm³/mol. The van der Waals surface area contributed by atoms with Crippen molar-refractivity contribution in [2.24, 2.45) is 0 Å². The zero-order valence-corrected chi connectivity index (χ0v) is 16.4. The van der Waals surface area contributed by atoms with E-state index in [1.165, 1.54) is 4.90 Å². The number of aryl methyl sites for hydroxylation is 1. The largest absolute Gasteiger partial charge is 0.490 e. The molecule has 2 N–H and O–H groups in total. The minimum Gasteiger partial charge on any atom is -0.490 e. The van der Waals surface area contributed by atoms with Crippen LogP contribution in [0, 0.1) is 6.92 Å². The Bertz CT molecular complexity index is 699. The van der Waals surface area contributed by atoms with Gasteiger partial charge in [-0.25, -0.2) is 4.79 Å². The molecule has 1 aromatic rings. The van der Waals surface area contributed by atoms with Gasteiger partial charge in [0.25, 0.3) is 5.91 Å². The number of carbonyl (C=O) groups is 2. The number of ether oxygens (including phenoxy) is 1. The maximum absolute atomic E-state index is 12.5. The van der Waals surface area contributed by atoms with Crippen LogP contribution in [0.2, 0.25) is 0 Å². The molecule has 0 aromatic heterocycles. The first-order chi connectivity index (χ1) is 11.8. The Morgan fingerprint density at radius 2 is 1.96 bits per heavy atom. The van der Waals surface area contributed by atoms with Gasteiger partial charge in [-0.15, -0.1) is 0 Å². The van der Waals surface area contributed by atoms with E-state index >= 15 is 0 Å². The summed E-state index contributed by atoms with van der Waals surface area (Å²) in [6.07, 6.45) is 2.05. The Kier molecular flexibility index (Phi) is 5.06. The molecule has 0 radical (unpaired) electrons. The molecule has 0 saturated carbocycles. The molecule has 25 heavy (non-hydrogen) atoms. The standard InChI is InChI=1S/C18H24BrN3O3/c1-11-8-13(19)9-12(15(11)25-14-4-6-20-7-5-14)10-22-16(23)18(2,3)21-17(22)24/h8-9,14,20H,4-7,10H2,1-3H3,(H,21,24). The zero-order valence-electron chi connectivity index (χ0n) is 14.8. The third-order valence-electron chi connectivity index (χ3n) is 4.66.